The van der Waals surface area contributed by atoms with Gasteiger partial charge in [0.2, 0.25) is 0 Å². The first kappa shape index (κ1) is 20.2. The van der Waals surface area contributed by atoms with Crippen LogP contribution in [0.25, 0.3) is 6.08 Å². The summed E-state index contributed by atoms with van der Waals surface area (Å²) in [4.78, 5) is 23.6. The van der Waals surface area contributed by atoms with Crippen molar-refractivity contribution in [3.8, 4) is 0 Å². The van der Waals surface area contributed by atoms with Crippen molar-refractivity contribution in [2.24, 2.45) is 0 Å². The van der Waals surface area contributed by atoms with Crippen LogP contribution in [0.5, 0.6) is 0 Å². The molecule has 3 nitrogen and oxygen atoms in total. The van der Waals surface area contributed by atoms with Crippen molar-refractivity contribution in [3.05, 3.63) is 76.9 Å². The monoisotopic (exact) mass is 387 g/mol. The van der Waals surface area contributed by atoms with Gasteiger partial charge in [-0.3, -0.25) is 14.9 Å². The predicted octanol–water partition coefficient (Wildman–Crippen LogP) is 4.69. The van der Waals surface area contributed by atoms with Crippen LogP contribution in [0.1, 0.15) is 27.0 Å². The Labute approximate surface area is 149 Å². The van der Waals surface area contributed by atoms with E-state index in [0.717, 1.165) is 6.08 Å². The van der Waals surface area contributed by atoms with Gasteiger partial charge in [-0.15, -0.1) is 0 Å². The van der Waals surface area contributed by atoms with E-state index >= 15 is 0 Å². The summed E-state index contributed by atoms with van der Waals surface area (Å²) in [6.07, 6.45) is -7.91. The lowest BCUT2D eigenvalue weighted by molar-refractivity contribution is -0.143. The number of alkyl halides is 6. The summed E-state index contributed by atoms with van der Waals surface area (Å²) in [7, 11) is 0. The molecule has 0 aliphatic rings. The maximum absolute atomic E-state index is 12.8. The smallest absolute Gasteiger partial charge is 0.289 e. The van der Waals surface area contributed by atoms with Crippen molar-refractivity contribution in [1.82, 2.24) is 5.32 Å². The molecule has 2 aromatic carbocycles. The normalized spacial score (nSPS) is 12.2. The zero-order valence-electron chi connectivity index (χ0n) is 13.4. The minimum Gasteiger partial charge on any atom is -0.289 e. The molecule has 27 heavy (non-hydrogen) atoms. The lowest BCUT2D eigenvalue weighted by Crippen LogP contribution is -2.29. The molecule has 2 aromatic rings. The van der Waals surface area contributed by atoms with Crippen LogP contribution in [0.3, 0.4) is 0 Å². The minimum atomic E-state index is -5.09. The number of amides is 2. The van der Waals surface area contributed by atoms with Crippen LogP contribution in [0, 0.1) is 0 Å². The van der Waals surface area contributed by atoms with Crippen molar-refractivity contribution in [3.63, 3.8) is 0 Å². The molecule has 9 heteroatoms. The van der Waals surface area contributed by atoms with E-state index in [-0.39, 0.29) is 18.2 Å². The molecule has 0 saturated heterocycles. The second kappa shape index (κ2) is 7.65. The average molecular weight is 387 g/mol. The quantitative estimate of drug-likeness (QED) is 0.613. The summed E-state index contributed by atoms with van der Waals surface area (Å²) in [6.45, 7) is 0. The number of carbonyl (C=O) groups is 2. The first-order valence-electron chi connectivity index (χ1n) is 7.35. The van der Waals surface area contributed by atoms with Gasteiger partial charge in [-0.25, -0.2) is 0 Å². The number of halogens is 6. The summed E-state index contributed by atoms with van der Waals surface area (Å²) in [5, 5.41) is 1.72. The molecule has 2 amide bonds. The molecular formula is C18H11F6NO2. The van der Waals surface area contributed by atoms with Gasteiger partial charge in [-0.2, -0.15) is 26.3 Å². The first-order valence-corrected chi connectivity index (χ1v) is 7.35. The largest absolute Gasteiger partial charge is 0.416 e. The van der Waals surface area contributed by atoms with Gasteiger partial charge in [-0.1, -0.05) is 30.3 Å². The van der Waals surface area contributed by atoms with Gasteiger partial charge in [0.25, 0.3) is 11.8 Å². The number of carbonyl (C=O) groups excluding carboxylic acids is 2. The molecule has 2 rings (SSSR count). The average Bonchev–Trinajstić information content (AvgIpc) is 2.59. The van der Waals surface area contributed by atoms with Gasteiger partial charge in [-0.05, 0) is 29.8 Å². The summed E-state index contributed by atoms with van der Waals surface area (Å²) < 4.78 is 76.8. The zero-order chi connectivity index (χ0) is 20.2. The molecule has 0 fully saturated rings. The Hall–Kier alpha value is -3.10. The molecule has 0 heterocycles. The van der Waals surface area contributed by atoms with E-state index in [0.29, 0.717) is 5.56 Å². The molecule has 0 atom stereocenters. The molecule has 0 aromatic heterocycles. The molecule has 0 spiro atoms. The first-order chi connectivity index (χ1) is 12.5. The SMILES string of the molecule is O=C(/C=C/c1ccccc1)NC(=O)c1cc(C(F)(F)F)cc(C(F)(F)F)c1. The van der Waals surface area contributed by atoms with Gasteiger partial charge in [0, 0.05) is 11.6 Å². The fourth-order valence-electron chi connectivity index (χ4n) is 2.05. The Bertz CT molecular complexity index is 837. The maximum Gasteiger partial charge on any atom is 0.416 e. The Kier molecular flexibility index (Phi) is 5.72. The van der Waals surface area contributed by atoms with Crippen LogP contribution in [-0.2, 0) is 17.1 Å². The van der Waals surface area contributed by atoms with Crippen LogP contribution in [0.15, 0.2) is 54.6 Å². The summed E-state index contributed by atoms with van der Waals surface area (Å²) in [6, 6.07) is 8.79. The van der Waals surface area contributed by atoms with Crippen LogP contribution < -0.4 is 5.32 Å². The van der Waals surface area contributed by atoms with Crippen LogP contribution in [0.2, 0.25) is 0 Å². The zero-order valence-corrected chi connectivity index (χ0v) is 13.4. The molecule has 0 bridgehead atoms. The standard InChI is InChI=1S/C18H11F6NO2/c19-17(20,21)13-8-12(9-14(10-13)18(22,23)24)16(27)25-15(26)7-6-11-4-2-1-3-5-11/h1-10H,(H,25,26,27)/b7-6+. The highest BCUT2D eigenvalue weighted by Gasteiger charge is 2.37. The van der Waals surface area contributed by atoms with Crippen molar-refractivity contribution in [2.45, 2.75) is 12.4 Å². The van der Waals surface area contributed by atoms with E-state index in [1.165, 1.54) is 6.08 Å². The number of rotatable bonds is 3. The predicted molar refractivity (Wildman–Crippen MR) is 84.4 cm³/mol. The van der Waals surface area contributed by atoms with Gasteiger partial charge in [0.05, 0.1) is 11.1 Å². The second-order valence-electron chi connectivity index (χ2n) is 5.36. The Balaban J connectivity index is 2.24. The Morgan fingerprint density at radius 3 is 1.81 bits per heavy atom. The highest BCUT2D eigenvalue weighted by molar-refractivity contribution is 6.09. The van der Waals surface area contributed by atoms with Crippen LogP contribution in [0.4, 0.5) is 26.3 Å². The molecule has 142 valence electrons. The second-order valence-corrected chi connectivity index (χ2v) is 5.36. The Morgan fingerprint density at radius 1 is 0.815 bits per heavy atom. The van der Waals surface area contributed by atoms with E-state index in [2.05, 4.69) is 0 Å². The van der Waals surface area contributed by atoms with E-state index in [9.17, 15) is 35.9 Å². The van der Waals surface area contributed by atoms with Crippen LogP contribution >= 0.6 is 0 Å². The summed E-state index contributed by atoms with van der Waals surface area (Å²) in [5.41, 5.74) is -3.61. The number of hydrogen-bond acceptors (Lipinski definition) is 2. The highest BCUT2D eigenvalue weighted by Crippen LogP contribution is 2.36. The third-order valence-electron chi connectivity index (χ3n) is 3.31. The van der Waals surface area contributed by atoms with E-state index < -0.39 is 40.9 Å². The summed E-state index contributed by atoms with van der Waals surface area (Å²) >= 11 is 0. The molecule has 0 aliphatic carbocycles. The van der Waals surface area contributed by atoms with E-state index in [1.54, 1.807) is 35.6 Å². The number of imide groups is 1. The number of benzene rings is 2. The highest BCUT2D eigenvalue weighted by atomic mass is 19.4. The molecular weight excluding hydrogens is 376 g/mol. The molecule has 0 saturated carbocycles. The summed E-state index contributed by atoms with van der Waals surface area (Å²) in [5.74, 6) is -2.37. The van der Waals surface area contributed by atoms with E-state index in [4.69, 9.17) is 0 Å². The van der Waals surface area contributed by atoms with Gasteiger partial charge < -0.3 is 0 Å². The Morgan fingerprint density at radius 2 is 1.33 bits per heavy atom. The molecule has 0 unspecified atom stereocenters. The van der Waals surface area contributed by atoms with Crippen LogP contribution in [-0.4, -0.2) is 11.8 Å². The van der Waals surface area contributed by atoms with Gasteiger partial charge in [0.15, 0.2) is 0 Å². The minimum absolute atomic E-state index is 0.103. The fourth-order valence-corrected chi connectivity index (χ4v) is 2.05. The number of hydrogen-bond donors (Lipinski definition) is 1. The molecule has 0 aliphatic heterocycles. The third kappa shape index (κ3) is 5.70. The lowest BCUT2D eigenvalue weighted by Gasteiger charge is -2.13. The molecule has 1 N–H and O–H groups in total. The van der Waals surface area contributed by atoms with E-state index in [1.807, 2.05) is 0 Å². The van der Waals surface area contributed by atoms with Crippen molar-refractivity contribution >= 4 is 17.9 Å². The molecule has 0 radical (unpaired) electrons. The maximum atomic E-state index is 12.8. The lowest BCUT2D eigenvalue weighted by atomic mass is 10.0. The van der Waals surface area contributed by atoms with Crippen molar-refractivity contribution < 1.29 is 35.9 Å². The van der Waals surface area contributed by atoms with Gasteiger partial charge in [0.1, 0.15) is 0 Å². The number of nitrogens with one attached hydrogen (secondary N) is 1. The van der Waals surface area contributed by atoms with Crippen molar-refractivity contribution in [2.75, 3.05) is 0 Å². The van der Waals surface area contributed by atoms with Crippen molar-refractivity contribution in [1.29, 1.82) is 0 Å². The fraction of sp³-hybridized carbons (Fsp3) is 0.111. The third-order valence-corrected chi connectivity index (χ3v) is 3.31. The van der Waals surface area contributed by atoms with Gasteiger partial charge >= 0.3 is 12.4 Å². The topological polar surface area (TPSA) is 46.2 Å².